The molecule has 6 heteroatoms. The number of piperazine rings is 1. The smallest absolute Gasteiger partial charge is 0.410 e. The van der Waals surface area contributed by atoms with Gasteiger partial charge in [0.15, 0.2) is 0 Å². The predicted octanol–water partition coefficient (Wildman–Crippen LogP) is 2.02. The first-order valence-corrected chi connectivity index (χ1v) is 8.11. The Morgan fingerprint density at radius 3 is 2.18 bits per heavy atom. The van der Waals surface area contributed by atoms with Gasteiger partial charge in [0.25, 0.3) is 5.91 Å². The zero-order valence-electron chi connectivity index (χ0n) is 14.3. The number of hydrogen-bond acceptors (Lipinski definition) is 4. The van der Waals surface area contributed by atoms with Gasteiger partial charge in [0.1, 0.15) is 11.7 Å². The van der Waals surface area contributed by atoms with Crippen molar-refractivity contribution in [2.75, 3.05) is 19.7 Å². The van der Waals surface area contributed by atoms with E-state index in [2.05, 4.69) is 0 Å². The minimum atomic E-state index is -0.506. The molecule has 126 valence electrons. The van der Waals surface area contributed by atoms with Crippen molar-refractivity contribution in [2.24, 2.45) is 0 Å². The van der Waals surface area contributed by atoms with E-state index in [0.29, 0.717) is 19.7 Å². The molecule has 0 N–H and O–H groups in total. The van der Waals surface area contributed by atoms with Crippen LogP contribution in [0.3, 0.4) is 0 Å². The maximum absolute atomic E-state index is 12.6. The zero-order valence-corrected chi connectivity index (χ0v) is 14.3. The Hall–Kier alpha value is -1.30. The van der Waals surface area contributed by atoms with Crippen LogP contribution < -0.4 is 0 Å². The number of carbonyl (C=O) groups excluding carboxylic acids is 2. The van der Waals surface area contributed by atoms with Crippen LogP contribution in [-0.4, -0.2) is 65.3 Å². The molecule has 0 aliphatic carbocycles. The van der Waals surface area contributed by atoms with Gasteiger partial charge in [-0.1, -0.05) is 0 Å². The maximum atomic E-state index is 12.6. The molecule has 2 rings (SSSR count). The lowest BCUT2D eigenvalue weighted by Crippen LogP contribution is -2.61. The number of carbonyl (C=O) groups is 2. The van der Waals surface area contributed by atoms with E-state index in [1.807, 2.05) is 39.5 Å². The van der Waals surface area contributed by atoms with Gasteiger partial charge in [0.2, 0.25) is 0 Å². The highest BCUT2D eigenvalue weighted by Gasteiger charge is 2.39. The van der Waals surface area contributed by atoms with Crippen LogP contribution in [0.25, 0.3) is 0 Å². The van der Waals surface area contributed by atoms with Gasteiger partial charge in [0.05, 0.1) is 0 Å². The van der Waals surface area contributed by atoms with Crippen LogP contribution in [0.4, 0.5) is 4.79 Å². The summed E-state index contributed by atoms with van der Waals surface area (Å²) in [7, 11) is 0. The maximum Gasteiger partial charge on any atom is 0.410 e. The molecule has 0 spiro atoms. The van der Waals surface area contributed by atoms with Gasteiger partial charge in [-0.3, -0.25) is 4.79 Å². The van der Waals surface area contributed by atoms with E-state index in [1.165, 1.54) is 0 Å². The van der Waals surface area contributed by atoms with Crippen molar-refractivity contribution in [1.29, 1.82) is 0 Å². The average molecular weight is 312 g/mol. The van der Waals surface area contributed by atoms with Crippen molar-refractivity contribution in [3.8, 4) is 0 Å². The molecule has 0 saturated carbocycles. The quantitative estimate of drug-likeness (QED) is 0.743. The standard InChI is InChI=1S/C16H28N2O4/c1-11-9-17(15(20)22-16(3,4)5)10-12(2)18(11)14(19)13-7-6-8-21-13/h11-13H,6-10H2,1-5H3/t11-,12?,13-/m0/s1. The van der Waals surface area contributed by atoms with Crippen molar-refractivity contribution in [2.45, 2.75) is 71.2 Å². The lowest BCUT2D eigenvalue weighted by atomic mass is 10.1. The summed E-state index contributed by atoms with van der Waals surface area (Å²) in [5.41, 5.74) is -0.506. The van der Waals surface area contributed by atoms with E-state index in [-0.39, 0.29) is 30.2 Å². The first-order valence-electron chi connectivity index (χ1n) is 8.11. The average Bonchev–Trinajstić information content (AvgIpc) is 2.89. The molecule has 0 bridgehead atoms. The van der Waals surface area contributed by atoms with Gasteiger partial charge in [-0.15, -0.1) is 0 Å². The second-order valence-corrected chi connectivity index (χ2v) is 7.33. The molecule has 0 aromatic carbocycles. The van der Waals surface area contributed by atoms with Gasteiger partial charge >= 0.3 is 6.09 Å². The molecule has 1 unspecified atom stereocenters. The first-order chi connectivity index (χ1) is 10.2. The molecule has 2 amide bonds. The number of nitrogens with zero attached hydrogens (tertiary/aromatic N) is 2. The van der Waals surface area contributed by atoms with Crippen molar-refractivity contribution >= 4 is 12.0 Å². The Labute approximate surface area is 132 Å². The van der Waals surface area contributed by atoms with Gasteiger partial charge in [-0.25, -0.2) is 4.79 Å². The van der Waals surface area contributed by atoms with E-state index >= 15 is 0 Å². The fraction of sp³-hybridized carbons (Fsp3) is 0.875. The highest BCUT2D eigenvalue weighted by atomic mass is 16.6. The minimum absolute atomic E-state index is 0.0343. The second kappa shape index (κ2) is 6.44. The number of ether oxygens (including phenoxy) is 2. The molecule has 0 radical (unpaired) electrons. The summed E-state index contributed by atoms with van der Waals surface area (Å²) in [6, 6.07) is -0.0686. The van der Waals surface area contributed by atoms with E-state index in [9.17, 15) is 9.59 Å². The molecule has 0 aromatic heterocycles. The first kappa shape index (κ1) is 17.1. The normalized spacial score (nSPS) is 29.6. The van der Waals surface area contributed by atoms with Crippen molar-refractivity contribution in [1.82, 2.24) is 9.80 Å². The highest BCUT2D eigenvalue weighted by Crippen LogP contribution is 2.23. The molecule has 2 heterocycles. The van der Waals surface area contributed by atoms with Crippen LogP contribution in [0.1, 0.15) is 47.5 Å². The summed E-state index contributed by atoms with van der Waals surface area (Å²) in [4.78, 5) is 28.4. The minimum Gasteiger partial charge on any atom is -0.444 e. The Morgan fingerprint density at radius 2 is 1.73 bits per heavy atom. The summed E-state index contributed by atoms with van der Waals surface area (Å²) in [5, 5.41) is 0. The Kier molecular flexibility index (Phi) is 5.00. The molecular weight excluding hydrogens is 284 g/mol. The Bertz CT molecular complexity index is 414. The fourth-order valence-electron chi connectivity index (χ4n) is 3.17. The topological polar surface area (TPSA) is 59.1 Å². The molecule has 3 atom stereocenters. The van der Waals surface area contributed by atoms with E-state index in [0.717, 1.165) is 12.8 Å². The summed E-state index contributed by atoms with van der Waals surface area (Å²) in [5.74, 6) is 0.0568. The lowest BCUT2D eigenvalue weighted by molar-refractivity contribution is -0.148. The lowest BCUT2D eigenvalue weighted by Gasteiger charge is -2.45. The van der Waals surface area contributed by atoms with E-state index in [1.54, 1.807) is 4.90 Å². The van der Waals surface area contributed by atoms with Crippen LogP contribution in [0.2, 0.25) is 0 Å². The third kappa shape index (κ3) is 3.91. The van der Waals surface area contributed by atoms with Crippen molar-refractivity contribution < 1.29 is 19.1 Å². The van der Waals surface area contributed by atoms with E-state index < -0.39 is 5.60 Å². The molecule has 6 nitrogen and oxygen atoms in total. The summed E-state index contributed by atoms with van der Waals surface area (Å²) >= 11 is 0. The third-order valence-corrected chi connectivity index (χ3v) is 4.03. The zero-order chi connectivity index (χ0) is 16.5. The number of amides is 2. The largest absolute Gasteiger partial charge is 0.444 e. The molecule has 2 saturated heterocycles. The Balaban J connectivity index is 1.99. The predicted molar refractivity (Wildman–Crippen MR) is 82.6 cm³/mol. The number of hydrogen-bond donors (Lipinski definition) is 0. The molecule has 0 aromatic rings. The molecule has 22 heavy (non-hydrogen) atoms. The molecule has 2 fully saturated rings. The molecule has 2 aliphatic rings. The third-order valence-electron chi connectivity index (χ3n) is 4.03. The van der Waals surface area contributed by atoms with Crippen molar-refractivity contribution in [3.63, 3.8) is 0 Å². The Morgan fingerprint density at radius 1 is 1.14 bits per heavy atom. The van der Waals surface area contributed by atoms with Crippen molar-refractivity contribution in [3.05, 3.63) is 0 Å². The van der Waals surface area contributed by atoms with E-state index in [4.69, 9.17) is 9.47 Å². The van der Waals surface area contributed by atoms with Gasteiger partial charge in [-0.2, -0.15) is 0 Å². The second-order valence-electron chi connectivity index (χ2n) is 7.33. The highest BCUT2D eigenvalue weighted by molar-refractivity contribution is 5.82. The van der Waals surface area contributed by atoms with Crippen LogP contribution in [0.5, 0.6) is 0 Å². The number of rotatable bonds is 1. The SMILES string of the molecule is CC1CN(C(=O)OC(C)(C)C)C[C@H](C)N1C(=O)[C@@H]1CCCO1. The monoisotopic (exact) mass is 312 g/mol. The van der Waals surface area contributed by atoms with Gasteiger partial charge < -0.3 is 19.3 Å². The van der Waals surface area contributed by atoms with Crippen LogP contribution in [-0.2, 0) is 14.3 Å². The summed E-state index contributed by atoms with van der Waals surface area (Å²) in [6.45, 7) is 11.2. The van der Waals surface area contributed by atoms with Crippen LogP contribution in [0, 0.1) is 0 Å². The summed E-state index contributed by atoms with van der Waals surface area (Å²) in [6.07, 6.45) is 1.12. The van der Waals surface area contributed by atoms with Gasteiger partial charge in [-0.05, 0) is 47.5 Å². The van der Waals surface area contributed by atoms with Crippen LogP contribution in [0.15, 0.2) is 0 Å². The molecule has 2 aliphatic heterocycles. The fourth-order valence-corrected chi connectivity index (χ4v) is 3.17. The van der Waals surface area contributed by atoms with Gasteiger partial charge in [0, 0.05) is 31.8 Å². The summed E-state index contributed by atoms with van der Waals surface area (Å²) < 4.78 is 10.9. The molecular formula is C16H28N2O4. The van der Waals surface area contributed by atoms with Crippen LogP contribution >= 0.6 is 0 Å².